The van der Waals surface area contributed by atoms with Crippen LogP contribution in [0.5, 0.6) is 11.5 Å². The first kappa shape index (κ1) is 22.1. The first-order valence-electron chi connectivity index (χ1n) is 10.7. The van der Waals surface area contributed by atoms with E-state index in [-0.39, 0.29) is 11.3 Å². The summed E-state index contributed by atoms with van der Waals surface area (Å²) in [6.45, 7) is 2.05. The van der Waals surface area contributed by atoms with Crippen LogP contribution in [0, 0.1) is 0 Å². The molecule has 1 heterocycles. The lowest BCUT2D eigenvalue weighted by Gasteiger charge is -2.26. The number of nitrogens with zero attached hydrogens (tertiary/aromatic N) is 1. The molecule has 0 radical (unpaired) electrons. The van der Waals surface area contributed by atoms with Crippen molar-refractivity contribution < 1.29 is 24.2 Å². The van der Waals surface area contributed by atoms with Crippen LogP contribution in [0.4, 0.5) is 5.69 Å². The van der Waals surface area contributed by atoms with Gasteiger partial charge in [0.1, 0.15) is 17.3 Å². The van der Waals surface area contributed by atoms with Crippen LogP contribution in [0.15, 0.2) is 78.4 Å². The number of benzene rings is 3. The Morgan fingerprint density at radius 1 is 0.909 bits per heavy atom. The lowest BCUT2D eigenvalue weighted by molar-refractivity contribution is -0.132. The fraction of sp³-hybridized carbons (Fsp3) is 0.185. The standard InChI is InChI=1S/C27H25NO5/c1-4-17-11-13-20(14-12-17)28-24(18-7-5-9-21(15-18)32-2)23(26(30)27(28)31)25(29)19-8-6-10-22(16-19)33-3/h5-16,24,29H,4H2,1-3H3/b25-23-. The van der Waals surface area contributed by atoms with Crippen LogP contribution >= 0.6 is 0 Å². The van der Waals surface area contributed by atoms with Crippen LogP contribution in [-0.4, -0.2) is 31.0 Å². The van der Waals surface area contributed by atoms with Crippen LogP contribution in [0.3, 0.4) is 0 Å². The van der Waals surface area contributed by atoms with Gasteiger partial charge in [0, 0.05) is 11.3 Å². The fourth-order valence-corrected chi connectivity index (χ4v) is 4.04. The summed E-state index contributed by atoms with van der Waals surface area (Å²) < 4.78 is 10.6. The average molecular weight is 443 g/mol. The van der Waals surface area contributed by atoms with E-state index in [4.69, 9.17) is 9.47 Å². The van der Waals surface area contributed by atoms with Gasteiger partial charge in [-0.2, -0.15) is 0 Å². The van der Waals surface area contributed by atoms with Crippen molar-refractivity contribution >= 4 is 23.1 Å². The first-order chi connectivity index (χ1) is 16.0. The van der Waals surface area contributed by atoms with Crippen LogP contribution in [0.25, 0.3) is 5.76 Å². The summed E-state index contributed by atoms with van der Waals surface area (Å²) in [4.78, 5) is 27.9. The van der Waals surface area contributed by atoms with Crippen molar-refractivity contribution in [3.63, 3.8) is 0 Å². The molecule has 0 aliphatic carbocycles. The van der Waals surface area contributed by atoms with Crippen LogP contribution in [-0.2, 0) is 16.0 Å². The highest BCUT2D eigenvalue weighted by Crippen LogP contribution is 2.43. The number of amides is 1. The average Bonchev–Trinajstić information content (AvgIpc) is 3.14. The number of rotatable bonds is 6. The minimum atomic E-state index is -0.821. The Balaban J connectivity index is 1.93. The Kier molecular flexibility index (Phi) is 6.18. The minimum Gasteiger partial charge on any atom is -0.507 e. The first-order valence-corrected chi connectivity index (χ1v) is 10.7. The van der Waals surface area contributed by atoms with Gasteiger partial charge in [0.15, 0.2) is 0 Å². The molecule has 3 aromatic rings. The van der Waals surface area contributed by atoms with E-state index in [1.807, 2.05) is 37.3 Å². The number of methoxy groups -OCH3 is 2. The van der Waals surface area contributed by atoms with E-state index in [9.17, 15) is 14.7 Å². The van der Waals surface area contributed by atoms with E-state index in [1.165, 1.54) is 12.0 Å². The van der Waals surface area contributed by atoms with Gasteiger partial charge in [-0.15, -0.1) is 0 Å². The second-order valence-corrected chi connectivity index (χ2v) is 7.70. The van der Waals surface area contributed by atoms with Gasteiger partial charge in [-0.3, -0.25) is 14.5 Å². The predicted octanol–water partition coefficient (Wildman–Crippen LogP) is 4.89. The molecular formula is C27H25NO5. The molecule has 168 valence electrons. The molecule has 1 N–H and O–H groups in total. The SMILES string of the molecule is CCc1ccc(N2C(=O)C(=O)/C(=C(\O)c3cccc(OC)c3)C2c2cccc(OC)c2)cc1. The number of hydrogen-bond acceptors (Lipinski definition) is 5. The molecule has 1 amide bonds. The largest absolute Gasteiger partial charge is 0.507 e. The maximum absolute atomic E-state index is 13.2. The molecule has 6 nitrogen and oxygen atoms in total. The van der Waals surface area contributed by atoms with Crippen LogP contribution in [0.2, 0.25) is 0 Å². The van der Waals surface area contributed by atoms with Gasteiger partial charge in [-0.05, 0) is 53.9 Å². The summed E-state index contributed by atoms with van der Waals surface area (Å²) in [5.41, 5.74) is 2.75. The molecular weight excluding hydrogens is 418 g/mol. The number of ether oxygens (including phenoxy) is 2. The molecule has 0 bridgehead atoms. The quantitative estimate of drug-likeness (QED) is 0.333. The number of carbonyl (C=O) groups excluding carboxylic acids is 2. The number of Topliss-reactive ketones (excluding diaryl/α,β-unsaturated/α-hetero) is 1. The Hall–Kier alpha value is -4.06. The smallest absolute Gasteiger partial charge is 0.300 e. The number of ketones is 1. The van der Waals surface area contributed by atoms with Gasteiger partial charge in [-0.25, -0.2) is 0 Å². The molecule has 33 heavy (non-hydrogen) atoms. The van der Waals surface area contributed by atoms with Gasteiger partial charge >= 0.3 is 0 Å². The minimum absolute atomic E-state index is 0.0149. The van der Waals surface area contributed by atoms with E-state index in [0.29, 0.717) is 28.3 Å². The van der Waals surface area contributed by atoms with Crippen molar-refractivity contribution in [3.8, 4) is 11.5 Å². The highest BCUT2D eigenvalue weighted by atomic mass is 16.5. The third-order valence-corrected chi connectivity index (χ3v) is 5.82. The van der Waals surface area contributed by atoms with Crippen molar-refractivity contribution in [3.05, 3.63) is 95.1 Å². The van der Waals surface area contributed by atoms with E-state index < -0.39 is 17.7 Å². The Labute approximate surface area is 192 Å². The Morgan fingerprint density at radius 3 is 2.18 bits per heavy atom. The second-order valence-electron chi connectivity index (χ2n) is 7.70. The number of aryl methyl sites for hydroxylation is 1. The van der Waals surface area contributed by atoms with Crippen molar-refractivity contribution in [2.75, 3.05) is 19.1 Å². The van der Waals surface area contributed by atoms with Crippen molar-refractivity contribution in [1.82, 2.24) is 0 Å². The Bertz CT molecular complexity index is 1230. The maximum Gasteiger partial charge on any atom is 0.300 e. The molecule has 0 saturated carbocycles. The highest BCUT2D eigenvalue weighted by molar-refractivity contribution is 6.51. The number of anilines is 1. The molecule has 1 aliphatic rings. The van der Waals surface area contributed by atoms with E-state index >= 15 is 0 Å². The molecule has 4 rings (SSSR count). The fourth-order valence-electron chi connectivity index (χ4n) is 4.04. The van der Waals surface area contributed by atoms with Crippen LogP contribution in [0.1, 0.15) is 29.7 Å². The summed E-state index contributed by atoms with van der Waals surface area (Å²) in [6.07, 6.45) is 0.855. The van der Waals surface area contributed by atoms with Crippen molar-refractivity contribution in [2.24, 2.45) is 0 Å². The molecule has 1 saturated heterocycles. The zero-order valence-electron chi connectivity index (χ0n) is 18.7. The third-order valence-electron chi connectivity index (χ3n) is 5.82. The molecule has 6 heteroatoms. The van der Waals surface area contributed by atoms with E-state index in [0.717, 1.165) is 12.0 Å². The lowest BCUT2D eigenvalue weighted by atomic mass is 9.95. The van der Waals surface area contributed by atoms with Gasteiger partial charge in [0.25, 0.3) is 11.7 Å². The summed E-state index contributed by atoms with van der Waals surface area (Å²) in [6, 6.07) is 20.6. The normalized spacial score (nSPS) is 17.3. The number of hydrogen-bond donors (Lipinski definition) is 1. The molecule has 1 unspecified atom stereocenters. The second kappa shape index (κ2) is 9.20. The lowest BCUT2D eigenvalue weighted by Crippen LogP contribution is -2.29. The van der Waals surface area contributed by atoms with Crippen LogP contribution < -0.4 is 14.4 Å². The third kappa shape index (κ3) is 4.07. The van der Waals surface area contributed by atoms with Gasteiger partial charge in [-0.1, -0.05) is 43.3 Å². The Morgan fingerprint density at radius 2 is 1.55 bits per heavy atom. The molecule has 0 aromatic heterocycles. The number of carbonyl (C=O) groups is 2. The highest BCUT2D eigenvalue weighted by Gasteiger charge is 2.47. The summed E-state index contributed by atoms with van der Waals surface area (Å²) in [5.74, 6) is -0.589. The maximum atomic E-state index is 13.2. The molecule has 1 aliphatic heterocycles. The summed E-state index contributed by atoms with van der Waals surface area (Å²) in [7, 11) is 3.07. The molecule has 1 fully saturated rings. The van der Waals surface area contributed by atoms with Gasteiger partial charge in [0.2, 0.25) is 0 Å². The monoisotopic (exact) mass is 443 g/mol. The van der Waals surface area contributed by atoms with Crippen molar-refractivity contribution in [1.29, 1.82) is 0 Å². The molecule has 1 atom stereocenters. The zero-order valence-corrected chi connectivity index (χ0v) is 18.7. The van der Waals surface area contributed by atoms with Crippen molar-refractivity contribution in [2.45, 2.75) is 19.4 Å². The van der Waals surface area contributed by atoms with Gasteiger partial charge < -0.3 is 14.6 Å². The summed E-state index contributed by atoms with van der Waals surface area (Å²) in [5, 5.41) is 11.2. The summed E-state index contributed by atoms with van der Waals surface area (Å²) >= 11 is 0. The predicted molar refractivity (Wildman–Crippen MR) is 127 cm³/mol. The van der Waals surface area contributed by atoms with E-state index in [1.54, 1.807) is 49.6 Å². The molecule has 0 spiro atoms. The molecule has 3 aromatic carbocycles. The van der Waals surface area contributed by atoms with Gasteiger partial charge in [0.05, 0.1) is 25.8 Å². The topological polar surface area (TPSA) is 76.1 Å². The number of aliphatic hydroxyl groups excluding tert-OH is 1. The van der Waals surface area contributed by atoms with E-state index in [2.05, 4.69) is 0 Å². The number of aliphatic hydroxyl groups is 1. The zero-order chi connectivity index (χ0) is 23.5.